The van der Waals surface area contributed by atoms with Gasteiger partial charge < -0.3 is 15.5 Å². The molecule has 2 amide bonds. The third-order valence-corrected chi connectivity index (χ3v) is 4.54. The van der Waals surface area contributed by atoms with Crippen LogP contribution in [0.15, 0.2) is 59.1 Å². The van der Waals surface area contributed by atoms with E-state index in [0.29, 0.717) is 12.1 Å². The molecule has 6 heteroatoms. The van der Waals surface area contributed by atoms with Crippen molar-refractivity contribution < 1.29 is 9.59 Å². The van der Waals surface area contributed by atoms with Crippen molar-refractivity contribution in [1.82, 2.24) is 10.6 Å². The predicted octanol–water partition coefficient (Wildman–Crippen LogP) is 3.21. The summed E-state index contributed by atoms with van der Waals surface area (Å²) in [5, 5.41) is 5.58. The molecule has 2 aromatic rings. The number of carbonyl (C=O) groups is 2. The zero-order valence-electron chi connectivity index (χ0n) is 15.0. The van der Waals surface area contributed by atoms with E-state index in [9.17, 15) is 9.59 Å². The maximum Gasteiger partial charge on any atom is 0.251 e. The lowest BCUT2D eigenvalue weighted by Gasteiger charge is -2.19. The van der Waals surface area contributed by atoms with Gasteiger partial charge >= 0.3 is 0 Å². The zero-order chi connectivity index (χ0) is 18.9. The quantitative estimate of drug-likeness (QED) is 0.648. The first-order chi connectivity index (χ1) is 12.5. The molecular formula is C20H24BrN3O2. The molecule has 1 atom stereocenters. The van der Waals surface area contributed by atoms with Crippen LogP contribution in [0.4, 0.5) is 5.69 Å². The molecule has 138 valence electrons. The van der Waals surface area contributed by atoms with Crippen LogP contribution in [0.2, 0.25) is 0 Å². The molecule has 0 radical (unpaired) electrons. The molecule has 1 unspecified atom stereocenters. The minimum absolute atomic E-state index is 0.183. The van der Waals surface area contributed by atoms with Gasteiger partial charge in [0.2, 0.25) is 5.91 Å². The van der Waals surface area contributed by atoms with Crippen LogP contribution in [0.3, 0.4) is 0 Å². The molecule has 0 saturated carbocycles. The lowest BCUT2D eigenvalue weighted by molar-refractivity contribution is -0.122. The Kier molecular flexibility index (Phi) is 7.66. The van der Waals surface area contributed by atoms with Crippen LogP contribution in [0.1, 0.15) is 23.7 Å². The second-order valence-electron chi connectivity index (χ2n) is 6.10. The van der Waals surface area contributed by atoms with E-state index in [1.54, 1.807) is 31.2 Å². The van der Waals surface area contributed by atoms with Gasteiger partial charge in [-0.2, -0.15) is 0 Å². The number of nitrogens with one attached hydrogen (secondary N) is 2. The lowest BCUT2D eigenvalue weighted by Crippen LogP contribution is -2.45. The van der Waals surface area contributed by atoms with Crippen LogP contribution in [0.5, 0.6) is 0 Å². The molecule has 0 aliphatic rings. The molecule has 0 fully saturated rings. The summed E-state index contributed by atoms with van der Waals surface area (Å²) < 4.78 is 0.903. The van der Waals surface area contributed by atoms with E-state index in [4.69, 9.17) is 0 Å². The number of amides is 2. The van der Waals surface area contributed by atoms with Gasteiger partial charge in [0.15, 0.2) is 0 Å². The number of carbonyl (C=O) groups excluding carboxylic acids is 2. The van der Waals surface area contributed by atoms with Crippen molar-refractivity contribution in [1.29, 1.82) is 0 Å². The molecule has 2 N–H and O–H groups in total. The lowest BCUT2D eigenvalue weighted by atomic mass is 10.2. The smallest absolute Gasteiger partial charge is 0.251 e. The number of anilines is 1. The number of rotatable bonds is 8. The Labute approximate surface area is 162 Å². The molecule has 26 heavy (non-hydrogen) atoms. The van der Waals surface area contributed by atoms with Crippen LogP contribution in [-0.4, -0.2) is 38.0 Å². The van der Waals surface area contributed by atoms with E-state index >= 15 is 0 Å². The number of para-hydroxylation sites is 1. The first-order valence-electron chi connectivity index (χ1n) is 8.57. The predicted molar refractivity (Wildman–Crippen MR) is 108 cm³/mol. The molecule has 0 saturated heterocycles. The highest BCUT2D eigenvalue weighted by molar-refractivity contribution is 9.10. The molecule has 0 heterocycles. The Morgan fingerprint density at radius 1 is 1.08 bits per heavy atom. The first kappa shape index (κ1) is 20.0. The Hall–Kier alpha value is -2.34. The number of hydrogen-bond donors (Lipinski definition) is 2. The number of hydrogen-bond acceptors (Lipinski definition) is 3. The summed E-state index contributed by atoms with van der Waals surface area (Å²) >= 11 is 3.33. The fraction of sp³-hybridized carbons (Fsp3) is 0.300. The number of benzene rings is 2. The van der Waals surface area contributed by atoms with Gasteiger partial charge in [-0.15, -0.1) is 0 Å². The second-order valence-corrected chi connectivity index (χ2v) is 7.02. The van der Waals surface area contributed by atoms with Gasteiger partial charge in [-0.05, 0) is 49.7 Å². The summed E-state index contributed by atoms with van der Waals surface area (Å²) in [5.74, 6) is -0.443. The summed E-state index contributed by atoms with van der Waals surface area (Å²) in [5.41, 5.74) is 1.67. The van der Waals surface area contributed by atoms with Crippen LogP contribution in [0.25, 0.3) is 0 Å². The van der Waals surface area contributed by atoms with Crippen molar-refractivity contribution in [3.05, 3.63) is 64.6 Å². The highest BCUT2D eigenvalue weighted by Crippen LogP contribution is 2.11. The van der Waals surface area contributed by atoms with Gasteiger partial charge in [-0.25, -0.2) is 0 Å². The summed E-state index contributed by atoms with van der Waals surface area (Å²) in [6, 6.07) is 16.5. The Balaban J connectivity index is 1.70. The van der Waals surface area contributed by atoms with Crippen LogP contribution in [-0.2, 0) is 4.79 Å². The molecule has 0 spiro atoms. The zero-order valence-corrected chi connectivity index (χ0v) is 16.6. The monoisotopic (exact) mass is 417 g/mol. The van der Waals surface area contributed by atoms with E-state index in [2.05, 4.69) is 43.6 Å². The highest BCUT2D eigenvalue weighted by atomic mass is 79.9. The largest absolute Gasteiger partial charge is 0.375 e. The fourth-order valence-electron chi connectivity index (χ4n) is 2.44. The second kappa shape index (κ2) is 9.97. The topological polar surface area (TPSA) is 61.4 Å². The van der Waals surface area contributed by atoms with Crippen molar-refractivity contribution in [3.8, 4) is 0 Å². The van der Waals surface area contributed by atoms with E-state index in [1.807, 2.05) is 25.2 Å². The fourth-order valence-corrected chi connectivity index (χ4v) is 2.70. The molecule has 0 aromatic heterocycles. The van der Waals surface area contributed by atoms with Crippen LogP contribution < -0.4 is 15.5 Å². The van der Waals surface area contributed by atoms with Gasteiger partial charge in [0.25, 0.3) is 5.91 Å². The van der Waals surface area contributed by atoms with E-state index in [1.165, 1.54) is 0 Å². The Morgan fingerprint density at radius 3 is 2.38 bits per heavy atom. The number of nitrogens with zero attached hydrogens (tertiary/aromatic N) is 1. The summed E-state index contributed by atoms with van der Waals surface area (Å²) in [4.78, 5) is 26.4. The van der Waals surface area contributed by atoms with Gasteiger partial charge in [0.1, 0.15) is 6.04 Å². The van der Waals surface area contributed by atoms with Gasteiger partial charge in [-0.3, -0.25) is 9.59 Å². The maximum atomic E-state index is 12.1. The first-order valence-corrected chi connectivity index (χ1v) is 9.37. The molecule has 0 aliphatic carbocycles. The minimum Gasteiger partial charge on any atom is -0.375 e. The van der Waals surface area contributed by atoms with Crippen LogP contribution >= 0.6 is 15.9 Å². The number of halogens is 1. The Morgan fingerprint density at radius 2 is 1.73 bits per heavy atom. The normalized spacial score (nSPS) is 11.5. The summed E-state index contributed by atoms with van der Waals surface area (Å²) in [6.07, 6.45) is 0.824. The van der Waals surface area contributed by atoms with Crippen molar-refractivity contribution in [2.75, 3.05) is 25.0 Å². The molecule has 2 rings (SSSR count). The van der Waals surface area contributed by atoms with Crippen LogP contribution in [0, 0.1) is 0 Å². The van der Waals surface area contributed by atoms with Gasteiger partial charge in [-0.1, -0.05) is 34.1 Å². The Bertz CT molecular complexity index is 720. The van der Waals surface area contributed by atoms with Crippen molar-refractivity contribution in [2.24, 2.45) is 0 Å². The van der Waals surface area contributed by atoms with Gasteiger partial charge in [0.05, 0.1) is 0 Å². The molecule has 0 bridgehead atoms. The van der Waals surface area contributed by atoms with Crippen molar-refractivity contribution in [2.45, 2.75) is 19.4 Å². The molecule has 5 nitrogen and oxygen atoms in total. The SMILES string of the molecule is CC(NC(=O)c1ccc(Br)cc1)C(=O)NCCCN(C)c1ccccc1. The average molecular weight is 418 g/mol. The summed E-state index contributed by atoms with van der Waals surface area (Å²) in [6.45, 7) is 3.08. The third-order valence-electron chi connectivity index (χ3n) is 4.01. The summed E-state index contributed by atoms with van der Waals surface area (Å²) in [7, 11) is 2.03. The minimum atomic E-state index is -0.585. The van der Waals surface area contributed by atoms with E-state index < -0.39 is 6.04 Å². The molecular weight excluding hydrogens is 394 g/mol. The highest BCUT2D eigenvalue weighted by Gasteiger charge is 2.16. The third kappa shape index (κ3) is 6.19. The van der Waals surface area contributed by atoms with E-state index in [-0.39, 0.29) is 11.8 Å². The molecule has 0 aliphatic heterocycles. The van der Waals surface area contributed by atoms with Gasteiger partial charge in [0, 0.05) is 35.9 Å². The van der Waals surface area contributed by atoms with E-state index in [0.717, 1.165) is 23.1 Å². The maximum absolute atomic E-state index is 12.1. The van der Waals surface area contributed by atoms with Crippen molar-refractivity contribution in [3.63, 3.8) is 0 Å². The average Bonchev–Trinajstić information content (AvgIpc) is 2.66. The molecule has 2 aromatic carbocycles. The van der Waals surface area contributed by atoms with Crippen molar-refractivity contribution >= 4 is 33.4 Å². The standard InChI is InChI=1S/C20H24BrN3O2/c1-15(23-20(26)16-9-11-17(21)12-10-16)19(25)22-13-6-14-24(2)18-7-4-3-5-8-18/h3-5,7-12,15H,6,13-14H2,1-2H3,(H,22,25)(H,23,26).